The topological polar surface area (TPSA) is 97.4 Å². The number of nitrogens with two attached hydrogens (primary N) is 1. The summed E-state index contributed by atoms with van der Waals surface area (Å²) in [5, 5.41) is 7.61. The van der Waals surface area contributed by atoms with Crippen LogP contribution >= 0.6 is 0 Å². The lowest BCUT2D eigenvalue weighted by Gasteiger charge is -2.43. The van der Waals surface area contributed by atoms with Gasteiger partial charge in [0.25, 0.3) is 0 Å². The van der Waals surface area contributed by atoms with Crippen LogP contribution in [0.1, 0.15) is 51.6 Å². The van der Waals surface area contributed by atoms with Crippen LogP contribution in [-0.4, -0.2) is 76.1 Å². The molecule has 3 aromatic rings. The standard InChI is InChI=1S/C30H43FN8O/c1-21(2)39-19-23(18-34-39)28-22(3)17-33-29(36-28)35-25-7-8-27(26(31)16-25)38-10-5-6-24(20-38)30(4,32)9-11-37-12-14-40-15-13-37/h7-8,16-19,21,24H,5-6,9-15,20,32H2,1-4H3,(H,33,35,36)/t24-,30-/m1/s1. The van der Waals surface area contributed by atoms with Crippen LogP contribution in [0.15, 0.2) is 36.8 Å². The third-order valence-corrected chi connectivity index (χ3v) is 8.34. The molecular formula is C30H43FN8O. The van der Waals surface area contributed by atoms with Gasteiger partial charge >= 0.3 is 0 Å². The van der Waals surface area contributed by atoms with Gasteiger partial charge in [0.1, 0.15) is 5.82 Å². The summed E-state index contributed by atoms with van der Waals surface area (Å²) in [6.45, 7) is 14.4. The van der Waals surface area contributed by atoms with E-state index in [0.717, 1.165) is 82.0 Å². The Hall–Kier alpha value is -3.08. The lowest BCUT2D eigenvalue weighted by molar-refractivity contribution is 0.0328. The van der Waals surface area contributed by atoms with Crippen LogP contribution in [0.2, 0.25) is 0 Å². The lowest BCUT2D eigenvalue weighted by Crippen LogP contribution is -2.53. The molecule has 10 heteroatoms. The van der Waals surface area contributed by atoms with Gasteiger partial charge in [-0.2, -0.15) is 5.10 Å². The number of hydrogen-bond acceptors (Lipinski definition) is 8. The zero-order valence-electron chi connectivity index (χ0n) is 24.2. The van der Waals surface area contributed by atoms with Gasteiger partial charge in [-0.1, -0.05) is 0 Å². The van der Waals surface area contributed by atoms with Gasteiger partial charge in [-0.3, -0.25) is 9.58 Å². The molecule has 40 heavy (non-hydrogen) atoms. The van der Waals surface area contributed by atoms with Crippen LogP contribution in [0.25, 0.3) is 11.3 Å². The molecule has 0 saturated carbocycles. The van der Waals surface area contributed by atoms with Gasteiger partial charge in [0.2, 0.25) is 5.95 Å². The Labute approximate surface area is 236 Å². The molecule has 216 valence electrons. The van der Waals surface area contributed by atoms with E-state index < -0.39 is 0 Å². The van der Waals surface area contributed by atoms with E-state index in [9.17, 15) is 0 Å². The molecule has 0 amide bonds. The molecule has 4 heterocycles. The number of rotatable bonds is 9. The van der Waals surface area contributed by atoms with Gasteiger partial charge in [-0.05, 0) is 76.6 Å². The zero-order valence-corrected chi connectivity index (χ0v) is 24.2. The second-order valence-corrected chi connectivity index (χ2v) is 11.8. The second kappa shape index (κ2) is 12.2. The summed E-state index contributed by atoms with van der Waals surface area (Å²) in [4.78, 5) is 13.7. The number of benzene rings is 1. The number of halogens is 1. The predicted molar refractivity (Wildman–Crippen MR) is 157 cm³/mol. The monoisotopic (exact) mass is 550 g/mol. The van der Waals surface area contributed by atoms with Crippen molar-refractivity contribution in [3.8, 4) is 11.3 Å². The van der Waals surface area contributed by atoms with Crippen molar-refractivity contribution >= 4 is 17.3 Å². The summed E-state index contributed by atoms with van der Waals surface area (Å²) in [5.41, 5.74) is 10.5. The van der Waals surface area contributed by atoms with Gasteiger partial charge in [0, 0.05) is 67.9 Å². The SMILES string of the molecule is Cc1cnc(Nc2ccc(N3CCC[C@@H]([C@](C)(N)CCN4CCOCC4)C3)c(F)c2)nc1-c1cnn(C(C)C)c1. The number of nitrogens with zero attached hydrogens (tertiary/aromatic N) is 6. The van der Waals surface area contributed by atoms with Gasteiger partial charge < -0.3 is 20.7 Å². The van der Waals surface area contributed by atoms with Crippen molar-refractivity contribution in [3.05, 3.63) is 48.2 Å². The Balaban J connectivity index is 1.24. The summed E-state index contributed by atoms with van der Waals surface area (Å²) < 4.78 is 22.8. The summed E-state index contributed by atoms with van der Waals surface area (Å²) >= 11 is 0. The van der Waals surface area contributed by atoms with E-state index in [1.54, 1.807) is 6.20 Å². The molecule has 0 bridgehead atoms. The Morgan fingerprint density at radius 2 is 2.00 bits per heavy atom. The number of ether oxygens (including phenoxy) is 1. The molecule has 0 radical (unpaired) electrons. The summed E-state index contributed by atoms with van der Waals surface area (Å²) in [7, 11) is 0. The van der Waals surface area contributed by atoms with Gasteiger partial charge in [-0.15, -0.1) is 0 Å². The highest BCUT2D eigenvalue weighted by Gasteiger charge is 2.34. The molecule has 2 fully saturated rings. The quantitative estimate of drug-likeness (QED) is 0.393. The molecule has 2 aliphatic heterocycles. The fourth-order valence-electron chi connectivity index (χ4n) is 5.67. The van der Waals surface area contributed by atoms with Crippen LogP contribution in [0.3, 0.4) is 0 Å². The summed E-state index contributed by atoms with van der Waals surface area (Å²) in [5.74, 6) is 0.462. The lowest BCUT2D eigenvalue weighted by atomic mass is 9.78. The van der Waals surface area contributed by atoms with Gasteiger partial charge in [-0.25, -0.2) is 14.4 Å². The van der Waals surface area contributed by atoms with E-state index >= 15 is 4.39 Å². The van der Waals surface area contributed by atoms with E-state index in [1.165, 1.54) is 6.07 Å². The molecular weight excluding hydrogens is 507 g/mol. The highest BCUT2D eigenvalue weighted by molar-refractivity contribution is 5.65. The molecule has 9 nitrogen and oxygen atoms in total. The first-order valence-corrected chi connectivity index (χ1v) is 14.5. The van der Waals surface area contributed by atoms with E-state index in [0.29, 0.717) is 23.2 Å². The zero-order chi connectivity index (χ0) is 28.3. The maximum atomic E-state index is 15.5. The summed E-state index contributed by atoms with van der Waals surface area (Å²) in [6, 6.07) is 5.53. The number of aromatic nitrogens is 4. The number of morpholine rings is 1. The molecule has 2 atom stereocenters. The normalized spacial score (nSPS) is 20.1. The Morgan fingerprint density at radius 3 is 2.73 bits per heavy atom. The second-order valence-electron chi connectivity index (χ2n) is 11.8. The first-order chi connectivity index (χ1) is 19.2. The maximum absolute atomic E-state index is 15.5. The van der Waals surface area contributed by atoms with Gasteiger partial charge in [0.15, 0.2) is 0 Å². The Kier molecular flexibility index (Phi) is 8.68. The highest BCUT2D eigenvalue weighted by Crippen LogP contribution is 2.33. The number of aryl methyl sites for hydroxylation is 1. The fourth-order valence-corrected chi connectivity index (χ4v) is 5.67. The molecule has 2 aromatic heterocycles. The van der Waals surface area contributed by atoms with Crippen molar-refractivity contribution in [1.82, 2.24) is 24.6 Å². The van der Waals surface area contributed by atoms with Crippen molar-refractivity contribution in [3.63, 3.8) is 0 Å². The van der Waals surface area contributed by atoms with E-state index in [4.69, 9.17) is 15.5 Å². The van der Waals surface area contributed by atoms with Crippen molar-refractivity contribution < 1.29 is 9.13 Å². The largest absolute Gasteiger partial charge is 0.379 e. The van der Waals surface area contributed by atoms with E-state index in [-0.39, 0.29) is 17.4 Å². The number of anilines is 3. The average molecular weight is 551 g/mol. The smallest absolute Gasteiger partial charge is 0.227 e. The highest BCUT2D eigenvalue weighted by atomic mass is 19.1. The van der Waals surface area contributed by atoms with Crippen LogP contribution in [0.5, 0.6) is 0 Å². The van der Waals surface area contributed by atoms with Crippen LogP contribution in [0, 0.1) is 18.7 Å². The summed E-state index contributed by atoms with van der Waals surface area (Å²) in [6.07, 6.45) is 8.57. The average Bonchev–Trinajstić information content (AvgIpc) is 3.45. The molecule has 0 unspecified atom stereocenters. The number of nitrogens with one attached hydrogen (secondary N) is 1. The minimum atomic E-state index is -0.304. The van der Waals surface area contributed by atoms with Gasteiger partial charge in [0.05, 0.1) is 30.8 Å². The third kappa shape index (κ3) is 6.62. The van der Waals surface area contributed by atoms with E-state index in [1.807, 2.05) is 36.1 Å². The van der Waals surface area contributed by atoms with Crippen LogP contribution < -0.4 is 16.0 Å². The van der Waals surface area contributed by atoms with Crippen LogP contribution in [0.4, 0.5) is 21.7 Å². The molecule has 0 aliphatic carbocycles. The van der Waals surface area contributed by atoms with Crippen molar-refractivity contribution in [1.29, 1.82) is 0 Å². The molecule has 3 N–H and O–H groups in total. The molecule has 2 saturated heterocycles. The minimum absolute atomic E-state index is 0.261. The first kappa shape index (κ1) is 28.4. The van der Waals surface area contributed by atoms with E-state index in [2.05, 4.69) is 46.0 Å². The first-order valence-electron chi connectivity index (χ1n) is 14.5. The fraction of sp³-hybridized carbons (Fsp3) is 0.567. The van der Waals surface area contributed by atoms with Crippen LogP contribution in [-0.2, 0) is 4.74 Å². The Morgan fingerprint density at radius 1 is 1.20 bits per heavy atom. The molecule has 5 rings (SSSR count). The number of hydrogen-bond donors (Lipinski definition) is 2. The predicted octanol–water partition coefficient (Wildman–Crippen LogP) is 4.77. The third-order valence-electron chi connectivity index (χ3n) is 8.34. The minimum Gasteiger partial charge on any atom is -0.379 e. The molecule has 0 spiro atoms. The van der Waals surface area contributed by atoms with Crippen molar-refractivity contribution in [2.45, 2.75) is 58.5 Å². The maximum Gasteiger partial charge on any atom is 0.227 e. The van der Waals surface area contributed by atoms with Crippen molar-refractivity contribution in [2.75, 3.05) is 56.2 Å². The molecule has 1 aromatic carbocycles. The Bertz CT molecular complexity index is 1290. The van der Waals surface area contributed by atoms with Crippen molar-refractivity contribution in [2.24, 2.45) is 11.7 Å². The number of piperidine rings is 1. The molecule has 2 aliphatic rings.